The van der Waals surface area contributed by atoms with Crippen molar-refractivity contribution in [2.24, 2.45) is 17.3 Å². The molecule has 0 aromatic rings. The molecule has 2 saturated carbocycles. The zero-order chi connectivity index (χ0) is 9.31. The van der Waals surface area contributed by atoms with Gasteiger partial charge < -0.3 is 0 Å². The van der Waals surface area contributed by atoms with Gasteiger partial charge in [0, 0.05) is 0 Å². The first kappa shape index (κ1) is 9.89. The standard InChI is InChI=1S/C12H22S/c1-12(6-2-3-7-13)9-10-4-5-11(12)8-10/h10-11,13H,2-9H2,1H3. The van der Waals surface area contributed by atoms with Gasteiger partial charge in [-0.25, -0.2) is 0 Å². The van der Waals surface area contributed by atoms with E-state index in [1.807, 2.05) is 0 Å². The van der Waals surface area contributed by atoms with E-state index in [1.165, 1.54) is 38.5 Å². The number of thiol groups is 1. The van der Waals surface area contributed by atoms with Crippen LogP contribution in [0, 0.1) is 17.3 Å². The molecule has 2 fully saturated rings. The van der Waals surface area contributed by atoms with Crippen LogP contribution in [0.1, 0.15) is 51.9 Å². The van der Waals surface area contributed by atoms with Gasteiger partial charge in [-0.05, 0) is 55.1 Å². The number of hydrogen-bond acceptors (Lipinski definition) is 1. The van der Waals surface area contributed by atoms with Crippen LogP contribution in [0.25, 0.3) is 0 Å². The summed E-state index contributed by atoms with van der Waals surface area (Å²) in [5, 5.41) is 0. The molecule has 0 heterocycles. The van der Waals surface area contributed by atoms with E-state index in [0.717, 1.165) is 23.0 Å². The summed E-state index contributed by atoms with van der Waals surface area (Å²) in [6, 6.07) is 0. The summed E-state index contributed by atoms with van der Waals surface area (Å²) in [5.41, 5.74) is 0.728. The molecule has 0 amide bonds. The van der Waals surface area contributed by atoms with Crippen molar-refractivity contribution in [1.29, 1.82) is 0 Å². The summed E-state index contributed by atoms with van der Waals surface area (Å²) in [6.45, 7) is 2.54. The van der Waals surface area contributed by atoms with Crippen molar-refractivity contribution >= 4 is 12.6 Å². The highest BCUT2D eigenvalue weighted by molar-refractivity contribution is 7.80. The number of fused-ring (bicyclic) bond motifs is 2. The van der Waals surface area contributed by atoms with Crippen LogP contribution in [0.3, 0.4) is 0 Å². The second-order valence-electron chi connectivity index (χ2n) is 5.41. The SMILES string of the molecule is CC1(CCCCS)CC2CCC1C2. The Kier molecular flexibility index (Phi) is 2.92. The summed E-state index contributed by atoms with van der Waals surface area (Å²) in [5.74, 6) is 3.26. The Hall–Kier alpha value is 0.350. The molecular formula is C12H22S. The zero-order valence-corrected chi connectivity index (χ0v) is 9.65. The zero-order valence-electron chi connectivity index (χ0n) is 8.76. The maximum atomic E-state index is 4.28. The van der Waals surface area contributed by atoms with Gasteiger partial charge in [0.1, 0.15) is 0 Å². The van der Waals surface area contributed by atoms with E-state index in [0.29, 0.717) is 0 Å². The third-order valence-corrected chi connectivity index (χ3v) is 4.75. The Balaban J connectivity index is 1.83. The summed E-state index contributed by atoms with van der Waals surface area (Å²) in [6.07, 6.45) is 10.3. The molecule has 1 heteroatoms. The summed E-state index contributed by atoms with van der Waals surface area (Å²) in [4.78, 5) is 0. The molecule has 2 bridgehead atoms. The Bertz CT molecular complexity index is 178. The van der Waals surface area contributed by atoms with Crippen LogP contribution in [-0.4, -0.2) is 5.75 Å². The molecule has 0 N–H and O–H groups in total. The van der Waals surface area contributed by atoms with Gasteiger partial charge in [0.2, 0.25) is 0 Å². The van der Waals surface area contributed by atoms with Gasteiger partial charge in [-0.3, -0.25) is 0 Å². The first-order valence-electron chi connectivity index (χ1n) is 5.85. The highest BCUT2D eigenvalue weighted by Gasteiger charge is 2.46. The molecule has 2 rings (SSSR count). The van der Waals surface area contributed by atoms with E-state index in [4.69, 9.17) is 0 Å². The summed E-state index contributed by atoms with van der Waals surface area (Å²) >= 11 is 4.28. The second-order valence-corrected chi connectivity index (χ2v) is 5.86. The number of rotatable bonds is 4. The maximum Gasteiger partial charge on any atom is -0.00979 e. The lowest BCUT2D eigenvalue weighted by atomic mass is 9.72. The molecule has 76 valence electrons. The molecule has 0 radical (unpaired) electrons. The van der Waals surface area contributed by atoms with Crippen molar-refractivity contribution in [3.8, 4) is 0 Å². The summed E-state index contributed by atoms with van der Waals surface area (Å²) in [7, 11) is 0. The van der Waals surface area contributed by atoms with Gasteiger partial charge in [0.15, 0.2) is 0 Å². The lowest BCUT2D eigenvalue weighted by Crippen LogP contribution is -2.23. The lowest BCUT2D eigenvalue weighted by molar-refractivity contribution is 0.169. The van der Waals surface area contributed by atoms with Crippen molar-refractivity contribution in [1.82, 2.24) is 0 Å². The quantitative estimate of drug-likeness (QED) is 0.514. The molecule has 0 saturated heterocycles. The van der Waals surface area contributed by atoms with Crippen molar-refractivity contribution < 1.29 is 0 Å². The Morgan fingerprint density at radius 2 is 2.15 bits per heavy atom. The molecule has 3 atom stereocenters. The van der Waals surface area contributed by atoms with Gasteiger partial charge in [0.25, 0.3) is 0 Å². The molecule has 3 unspecified atom stereocenters. The van der Waals surface area contributed by atoms with Gasteiger partial charge in [0.05, 0.1) is 0 Å². The number of hydrogen-bond donors (Lipinski definition) is 1. The van der Waals surface area contributed by atoms with Gasteiger partial charge >= 0.3 is 0 Å². The predicted octanol–water partition coefficient (Wildman–Crippen LogP) is 3.91. The van der Waals surface area contributed by atoms with Crippen molar-refractivity contribution in [2.45, 2.75) is 51.9 Å². The highest BCUT2D eigenvalue weighted by Crippen LogP contribution is 2.57. The minimum atomic E-state index is 0.728. The average molecular weight is 198 g/mol. The molecule has 13 heavy (non-hydrogen) atoms. The fourth-order valence-electron chi connectivity index (χ4n) is 3.67. The molecule has 0 spiro atoms. The molecule has 2 aliphatic rings. The molecule has 0 aliphatic heterocycles. The third kappa shape index (κ3) is 1.91. The predicted molar refractivity (Wildman–Crippen MR) is 61.3 cm³/mol. The molecular weight excluding hydrogens is 176 g/mol. The highest BCUT2D eigenvalue weighted by atomic mass is 32.1. The largest absolute Gasteiger partial charge is 0.179 e. The van der Waals surface area contributed by atoms with Gasteiger partial charge in [-0.1, -0.05) is 19.8 Å². The van der Waals surface area contributed by atoms with Crippen LogP contribution < -0.4 is 0 Å². The van der Waals surface area contributed by atoms with Gasteiger partial charge in [-0.2, -0.15) is 12.6 Å². The second kappa shape index (κ2) is 3.84. The van der Waals surface area contributed by atoms with Crippen molar-refractivity contribution in [2.75, 3.05) is 5.75 Å². The minimum absolute atomic E-state index is 0.728. The summed E-state index contributed by atoms with van der Waals surface area (Å²) < 4.78 is 0. The normalized spacial score (nSPS) is 42.9. The minimum Gasteiger partial charge on any atom is -0.179 e. The molecule has 0 nitrogen and oxygen atoms in total. The first-order chi connectivity index (χ1) is 6.24. The van der Waals surface area contributed by atoms with E-state index in [-0.39, 0.29) is 0 Å². The molecule has 2 aliphatic carbocycles. The van der Waals surface area contributed by atoms with Crippen LogP contribution >= 0.6 is 12.6 Å². The lowest BCUT2D eigenvalue weighted by Gasteiger charge is -2.34. The molecule has 0 aromatic carbocycles. The van der Waals surface area contributed by atoms with Gasteiger partial charge in [-0.15, -0.1) is 0 Å². The Morgan fingerprint density at radius 3 is 2.69 bits per heavy atom. The fraction of sp³-hybridized carbons (Fsp3) is 1.00. The van der Waals surface area contributed by atoms with E-state index < -0.39 is 0 Å². The Morgan fingerprint density at radius 1 is 1.31 bits per heavy atom. The first-order valence-corrected chi connectivity index (χ1v) is 6.49. The van der Waals surface area contributed by atoms with Crippen LogP contribution in [0.4, 0.5) is 0 Å². The number of unbranched alkanes of at least 4 members (excludes halogenated alkanes) is 1. The van der Waals surface area contributed by atoms with E-state index in [9.17, 15) is 0 Å². The fourth-order valence-corrected chi connectivity index (χ4v) is 3.89. The third-order valence-electron chi connectivity index (χ3n) is 4.44. The van der Waals surface area contributed by atoms with Crippen LogP contribution in [0.5, 0.6) is 0 Å². The van der Waals surface area contributed by atoms with E-state index in [2.05, 4.69) is 19.6 Å². The average Bonchev–Trinajstić information content (AvgIpc) is 2.64. The topological polar surface area (TPSA) is 0 Å². The smallest absolute Gasteiger partial charge is 0.00979 e. The van der Waals surface area contributed by atoms with Crippen LogP contribution in [0.2, 0.25) is 0 Å². The van der Waals surface area contributed by atoms with Crippen LogP contribution in [0.15, 0.2) is 0 Å². The maximum absolute atomic E-state index is 4.28. The van der Waals surface area contributed by atoms with E-state index in [1.54, 1.807) is 6.42 Å². The Labute approximate surface area is 87.9 Å². The van der Waals surface area contributed by atoms with Crippen LogP contribution in [-0.2, 0) is 0 Å². The van der Waals surface area contributed by atoms with Crippen molar-refractivity contribution in [3.63, 3.8) is 0 Å². The molecule has 0 aromatic heterocycles. The van der Waals surface area contributed by atoms with E-state index >= 15 is 0 Å². The van der Waals surface area contributed by atoms with Crippen molar-refractivity contribution in [3.05, 3.63) is 0 Å². The monoisotopic (exact) mass is 198 g/mol.